The van der Waals surface area contributed by atoms with Crippen molar-refractivity contribution in [3.05, 3.63) is 40.9 Å². The summed E-state index contributed by atoms with van der Waals surface area (Å²) in [6.45, 7) is 4.60. The van der Waals surface area contributed by atoms with Crippen LogP contribution in [0.3, 0.4) is 0 Å². The van der Waals surface area contributed by atoms with Crippen molar-refractivity contribution < 1.29 is 9.32 Å². The number of hydrogen-bond donors (Lipinski definition) is 2. The Morgan fingerprint density at radius 1 is 1.38 bits per heavy atom. The zero-order chi connectivity index (χ0) is 15.2. The van der Waals surface area contributed by atoms with E-state index in [4.69, 9.17) is 4.52 Å². The van der Waals surface area contributed by atoms with Crippen LogP contribution in [-0.4, -0.2) is 29.6 Å². The van der Waals surface area contributed by atoms with Crippen LogP contribution in [0.5, 0.6) is 0 Å². The van der Waals surface area contributed by atoms with E-state index in [2.05, 4.69) is 20.8 Å². The first-order valence-corrected chi connectivity index (χ1v) is 6.96. The van der Waals surface area contributed by atoms with Crippen molar-refractivity contribution in [2.45, 2.75) is 26.7 Å². The van der Waals surface area contributed by atoms with Gasteiger partial charge in [-0.2, -0.15) is 0 Å². The number of pyridine rings is 1. The Kier molecular flexibility index (Phi) is 4.92. The van der Waals surface area contributed by atoms with E-state index >= 15 is 0 Å². The minimum absolute atomic E-state index is 0.142. The van der Waals surface area contributed by atoms with E-state index in [0.717, 1.165) is 36.4 Å². The number of rotatable bonds is 6. The highest BCUT2D eigenvalue weighted by molar-refractivity contribution is 5.98. The quantitative estimate of drug-likeness (QED) is 0.796. The van der Waals surface area contributed by atoms with Gasteiger partial charge in [-0.3, -0.25) is 4.79 Å². The van der Waals surface area contributed by atoms with Crippen molar-refractivity contribution in [1.29, 1.82) is 0 Å². The maximum Gasteiger partial charge on any atom is 0.254 e. The van der Waals surface area contributed by atoms with Crippen LogP contribution < -0.4 is 10.6 Å². The van der Waals surface area contributed by atoms with Crippen molar-refractivity contribution in [3.8, 4) is 0 Å². The maximum absolute atomic E-state index is 11.7. The SMILES string of the molecule is CNC(=O)c1cccnc1NCCCc1c(C)noc1C. The Morgan fingerprint density at radius 2 is 2.19 bits per heavy atom. The number of aryl methyl sites for hydroxylation is 2. The van der Waals surface area contributed by atoms with Gasteiger partial charge in [-0.25, -0.2) is 4.98 Å². The minimum Gasteiger partial charge on any atom is -0.369 e. The summed E-state index contributed by atoms with van der Waals surface area (Å²) in [5.74, 6) is 1.34. The second-order valence-electron chi connectivity index (χ2n) is 4.81. The van der Waals surface area contributed by atoms with Crippen LogP contribution in [0.25, 0.3) is 0 Å². The predicted octanol–water partition coefficient (Wildman–Crippen LogP) is 2.09. The standard InChI is InChI=1S/C15H20N4O2/c1-10-12(11(2)21-19-10)6-4-8-17-14-13(15(20)16-3)7-5-9-18-14/h5,7,9H,4,6,8H2,1-3H3,(H,16,20)(H,17,18). The first kappa shape index (κ1) is 15.0. The van der Waals surface area contributed by atoms with Crippen LogP contribution in [0.1, 0.15) is 33.8 Å². The van der Waals surface area contributed by atoms with Gasteiger partial charge in [0, 0.05) is 25.4 Å². The molecule has 2 N–H and O–H groups in total. The number of anilines is 1. The smallest absolute Gasteiger partial charge is 0.254 e. The summed E-state index contributed by atoms with van der Waals surface area (Å²) in [5.41, 5.74) is 2.65. The number of carbonyl (C=O) groups excluding carboxylic acids is 1. The molecule has 6 heteroatoms. The average molecular weight is 288 g/mol. The van der Waals surface area contributed by atoms with Crippen LogP contribution >= 0.6 is 0 Å². The van der Waals surface area contributed by atoms with E-state index in [1.165, 1.54) is 0 Å². The molecule has 0 saturated heterocycles. The van der Waals surface area contributed by atoms with Gasteiger partial charge in [0.2, 0.25) is 0 Å². The minimum atomic E-state index is -0.142. The number of nitrogens with zero attached hydrogens (tertiary/aromatic N) is 2. The third-order valence-electron chi connectivity index (χ3n) is 3.36. The molecule has 1 amide bonds. The monoisotopic (exact) mass is 288 g/mol. The third-order valence-corrected chi connectivity index (χ3v) is 3.36. The lowest BCUT2D eigenvalue weighted by Gasteiger charge is -2.09. The van der Waals surface area contributed by atoms with Gasteiger partial charge in [0.05, 0.1) is 11.3 Å². The molecule has 0 bridgehead atoms. The Balaban J connectivity index is 1.91. The fourth-order valence-electron chi connectivity index (χ4n) is 2.19. The molecular weight excluding hydrogens is 268 g/mol. The zero-order valence-electron chi connectivity index (χ0n) is 12.6. The summed E-state index contributed by atoms with van der Waals surface area (Å²) < 4.78 is 5.14. The zero-order valence-corrected chi connectivity index (χ0v) is 12.6. The van der Waals surface area contributed by atoms with Gasteiger partial charge in [0.15, 0.2) is 0 Å². The molecule has 2 rings (SSSR count). The van der Waals surface area contributed by atoms with E-state index in [0.29, 0.717) is 11.4 Å². The number of carbonyl (C=O) groups is 1. The molecule has 0 aliphatic carbocycles. The van der Waals surface area contributed by atoms with Crippen LogP contribution in [-0.2, 0) is 6.42 Å². The lowest BCUT2D eigenvalue weighted by Crippen LogP contribution is -2.20. The predicted molar refractivity (Wildman–Crippen MR) is 80.4 cm³/mol. The van der Waals surface area contributed by atoms with Gasteiger partial charge in [-0.1, -0.05) is 5.16 Å². The average Bonchev–Trinajstić information content (AvgIpc) is 2.82. The molecule has 0 radical (unpaired) electrons. The van der Waals surface area contributed by atoms with Crippen molar-refractivity contribution in [2.24, 2.45) is 0 Å². The lowest BCUT2D eigenvalue weighted by molar-refractivity contribution is 0.0963. The Morgan fingerprint density at radius 3 is 2.86 bits per heavy atom. The largest absolute Gasteiger partial charge is 0.369 e. The molecule has 2 aromatic heterocycles. The van der Waals surface area contributed by atoms with E-state index in [9.17, 15) is 4.79 Å². The van der Waals surface area contributed by atoms with Crippen LogP contribution in [0, 0.1) is 13.8 Å². The molecule has 21 heavy (non-hydrogen) atoms. The highest BCUT2D eigenvalue weighted by atomic mass is 16.5. The Bertz CT molecular complexity index is 602. The molecule has 0 spiro atoms. The van der Waals surface area contributed by atoms with Crippen molar-refractivity contribution in [3.63, 3.8) is 0 Å². The molecule has 0 fully saturated rings. The van der Waals surface area contributed by atoms with Crippen LogP contribution in [0.2, 0.25) is 0 Å². The molecule has 0 unspecified atom stereocenters. The van der Waals surface area contributed by atoms with E-state index < -0.39 is 0 Å². The molecule has 2 aromatic rings. The van der Waals surface area contributed by atoms with Crippen molar-refractivity contribution in [2.75, 3.05) is 18.9 Å². The molecule has 0 aliphatic rings. The van der Waals surface area contributed by atoms with Gasteiger partial charge in [-0.15, -0.1) is 0 Å². The van der Waals surface area contributed by atoms with Crippen LogP contribution in [0.4, 0.5) is 5.82 Å². The first-order chi connectivity index (χ1) is 10.1. The molecule has 112 valence electrons. The number of amides is 1. The highest BCUT2D eigenvalue weighted by Crippen LogP contribution is 2.15. The summed E-state index contributed by atoms with van der Waals surface area (Å²) in [6.07, 6.45) is 3.46. The molecule has 0 aliphatic heterocycles. The van der Waals surface area contributed by atoms with Gasteiger partial charge >= 0.3 is 0 Å². The lowest BCUT2D eigenvalue weighted by atomic mass is 10.1. The summed E-state index contributed by atoms with van der Waals surface area (Å²) in [7, 11) is 1.61. The summed E-state index contributed by atoms with van der Waals surface area (Å²) in [4.78, 5) is 15.9. The molecule has 0 atom stereocenters. The third kappa shape index (κ3) is 3.59. The topological polar surface area (TPSA) is 80.0 Å². The van der Waals surface area contributed by atoms with E-state index in [1.807, 2.05) is 13.8 Å². The van der Waals surface area contributed by atoms with Gasteiger partial charge in [-0.05, 0) is 38.8 Å². The fourth-order valence-corrected chi connectivity index (χ4v) is 2.19. The van der Waals surface area contributed by atoms with Crippen LogP contribution in [0.15, 0.2) is 22.9 Å². The van der Waals surface area contributed by atoms with Crippen molar-refractivity contribution in [1.82, 2.24) is 15.5 Å². The second-order valence-corrected chi connectivity index (χ2v) is 4.81. The van der Waals surface area contributed by atoms with E-state index in [1.54, 1.807) is 25.4 Å². The summed E-state index contributed by atoms with van der Waals surface area (Å²) in [5, 5.41) is 9.76. The summed E-state index contributed by atoms with van der Waals surface area (Å²) in [6, 6.07) is 3.50. The highest BCUT2D eigenvalue weighted by Gasteiger charge is 2.11. The van der Waals surface area contributed by atoms with Gasteiger partial charge in [0.1, 0.15) is 11.6 Å². The Labute approximate surface area is 123 Å². The van der Waals surface area contributed by atoms with E-state index in [-0.39, 0.29) is 5.91 Å². The van der Waals surface area contributed by atoms with Gasteiger partial charge < -0.3 is 15.2 Å². The normalized spacial score (nSPS) is 10.4. The molecular formula is C15H20N4O2. The fraction of sp³-hybridized carbons (Fsp3) is 0.400. The molecule has 2 heterocycles. The first-order valence-electron chi connectivity index (χ1n) is 6.96. The Hall–Kier alpha value is -2.37. The molecule has 0 saturated carbocycles. The molecule has 0 aromatic carbocycles. The summed E-state index contributed by atoms with van der Waals surface area (Å²) >= 11 is 0. The van der Waals surface area contributed by atoms with Crippen molar-refractivity contribution >= 4 is 11.7 Å². The van der Waals surface area contributed by atoms with Gasteiger partial charge in [0.25, 0.3) is 5.91 Å². The number of nitrogens with one attached hydrogen (secondary N) is 2. The second kappa shape index (κ2) is 6.88. The maximum atomic E-state index is 11.7. The molecule has 6 nitrogen and oxygen atoms in total. The number of aromatic nitrogens is 2. The number of hydrogen-bond acceptors (Lipinski definition) is 5.